The van der Waals surface area contributed by atoms with E-state index in [2.05, 4.69) is 20.7 Å². The molecule has 0 aliphatic carbocycles. The Bertz CT molecular complexity index is 532. The summed E-state index contributed by atoms with van der Waals surface area (Å²) in [5, 5.41) is 13.0. The topological polar surface area (TPSA) is 93.0 Å². The van der Waals surface area contributed by atoms with E-state index in [0.717, 1.165) is 11.3 Å². The van der Waals surface area contributed by atoms with Crippen LogP contribution in [-0.2, 0) is 11.3 Å². The van der Waals surface area contributed by atoms with Crippen LogP contribution in [0.5, 0.6) is 5.88 Å². The van der Waals surface area contributed by atoms with Crippen molar-refractivity contribution in [1.82, 2.24) is 20.7 Å². The van der Waals surface area contributed by atoms with E-state index in [4.69, 9.17) is 9.26 Å². The van der Waals surface area contributed by atoms with Crippen LogP contribution >= 0.6 is 0 Å². The molecule has 0 saturated heterocycles. The van der Waals surface area contributed by atoms with Crippen LogP contribution in [0.3, 0.4) is 0 Å². The molecule has 2 rings (SSSR count). The van der Waals surface area contributed by atoms with Crippen LogP contribution in [0, 0.1) is 13.8 Å². The summed E-state index contributed by atoms with van der Waals surface area (Å²) in [5.41, 5.74) is 1.88. The van der Waals surface area contributed by atoms with Gasteiger partial charge < -0.3 is 14.6 Å². The van der Waals surface area contributed by atoms with Crippen LogP contribution in [0.15, 0.2) is 16.8 Å². The van der Waals surface area contributed by atoms with E-state index in [-0.39, 0.29) is 12.5 Å². The van der Waals surface area contributed by atoms with Crippen LogP contribution in [0.25, 0.3) is 0 Å². The third-order valence-electron chi connectivity index (χ3n) is 2.37. The van der Waals surface area contributed by atoms with Gasteiger partial charge in [-0.05, 0) is 19.0 Å². The highest BCUT2D eigenvalue weighted by Gasteiger charge is 2.07. The molecule has 0 unspecified atom stereocenters. The zero-order valence-electron chi connectivity index (χ0n) is 10.2. The Kier molecular flexibility index (Phi) is 3.61. The van der Waals surface area contributed by atoms with E-state index in [0.29, 0.717) is 18.2 Å². The van der Waals surface area contributed by atoms with Gasteiger partial charge >= 0.3 is 0 Å². The van der Waals surface area contributed by atoms with Crippen molar-refractivity contribution in [2.75, 3.05) is 6.61 Å². The molecule has 0 atom stereocenters. The number of aromatic amines is 1. The fourth-order valence-electron chi connectivity index (χ4n) is 1.35. The lowest BCUT2D eigenvalue weighted by Crippen LogP contribution is -2.28. The third kappa shape index (κ3) is 3.09. The number of hydrogen-bond donors (Lipinski definition) is 2. The van der Waals surface area contributed by atoms with E-state index in [1.165, 1.54) is 0 Å². The molecule has 0 radical (unpaired) electrons. The first-order chi connectivity index (χ1) is 8.65. The van der Waals surface area contributed by atoms with Crippen LogP contribution < -0.4 is 10.1 Å². The summed E-state index contributed by atoms with van der Waals surface area (Å²) in [6, 6.07) is 1.62. The molecule has 0 aliphatic heterocycles. The number of carbonyl (C=O) groups is 1. The molecule has 0 aliphatic rings. The number of ether oxygens (including phenoxy) is 1. The summed E-state index contributed by atoms with van der Waals surface area (Å²) in [4.78, 5) is 11.5. The van der Waals surface area contributed by atoms with Gasteiger partial charge in [0.25, 0.3) is 11.8 Å². The Labute approximate surface area is 104 Å². The van der Waals surface area contributed by atoms with Crippen LogP contribution in [0.2, 0.25) is 0 Å². The van der Waals surface area contributed by atoms with E-state index in [1.54, 1.807) is 19.2 Å². The molecule has 1 amide bonds. The molecule has 0 saturated carbocycles. The summed E-state index contributed by atoms with van der Waals surface area (Å²) in [6.45, 7) is 3.97. The lowest BCUT2D eigenvalue weighted by Gasteiger charge is -2.04. The monoisotopic (exact) mass is 250 g/mol. The van der Waals surface area contributed by atoms with Gasteiger partial charge in [0.1, 0.15) is 5.76 Å². The van der Waals surface area contributed by atoms with Crippen molar-refractivity contribution in [1.29, 1.82) is 0 Å². The van der Waals surface area contributed by atoms with Crippen LogP contribution in [-0.4, -0.2) is 27.9 Å². The largest absolute Gasteiger partial charge is 0.465 e. The smallest absolute Gasteiger partial charge is 0.258 e. The van der Waals surface area contributed by atoms with Gasteiger partial charge in [-0.1, -0.05) is 0 Å². The minimum Gasteiger partial charge on any atom is -0.465 e. The molecule has 96 valence electrons. The van der Waals surface area contributed by atoms with Gasteiger partial charge in [0.05, 0.1) is 6.20 Å². The van der Waals surface area contributed by atoms with E-state index < -0.39 is 0 Å². The molecular formula is C11H14N4O3. The fraction of sp³-hybridized carbons (Fsp3) is 0.364. The first-order valence-electron chi connectivity index (χ1n) is 5.47. The number of hydrogen-bond acceptors (Lipinski definition) is 5. The van der Waals surface area contributed by atoms with E-state index in [9.17, 15) is 4.79 Å². The predicted molar refractivity (Wildman–Crippen MR) is 61.9 cm³/mol. The van der Waals surface area contributed by atoms with Crippen molar-refractivity contribution in [2.24, 2.45) is 0 Å². The van der Waals surface area contributed by atoms with Crippen molar-refractivity contribution in [2.45, 2.75) is 20.4 Å². The molecule has 0 bridgehead atoms. The minimum atomic E-state index is -0.226. The maximum Gasteiger partial charge on any atom is 0.258 e. The quantitative estimate of drug-likeness (QED) is 0.815. The van der Waals surface area contributed by atoms with Crippen LogP contribution in [0.4, 0.5) is 0 Å². The van der Waals surface area contributed by atoms with E-state index in [1.807, 2.05) is 6.92 Å². The number of nitrogens with one attached hydrogen (secondary N) is 2. The number of carbonyl (C=O) groups excluding carboxylic acids is 1. The van der Waals surface area contributed by atoms with Crippen molar-refractivity contribution < 1.29 is 14.1 Å². The minimum absolute atomic E-state index is 0.0944. The molecule has 7 nitrogen and oxygen atoms in total. The Morgan fingerprint density at radius 2 is 2.39 bits per heavy atom. The van der Waals surface area contributed by atoms with Crippen molar-refractivity contribution in [3.05, 3.63) is 29.3 Å². The fourth-order valence-corrected chi connectivity index (χ4v) is 1.35. The number of aryl methyl sites for hydroxylation is 2. The van der Waals surface area contributed by atoms with E-state index >= 15 is 0 Å². The zero-order valence-corrected chi connectivity index (χ0v) is 10.2. The van der Waals surface area contributed by atoms with Gasteiger partial charge in [0, 0.05) is 23.9 Å². The van der Waals surface area contributed by atoms with Gasteiger partial charge in [-0.3, -0.25) is 9.89 Å². The molecule has 0 aromatic carbocycles. The molecular weight excluding hydrogens is 236 g/mol. The van der Waals surface area contributed by atoms with Gasteiger partial charge in [0.15, 0.2) is 6.61 Å². The van der Waals surface area contributed by atoms with Gasteiger partial charge in [-0.15, -0.1) is 0 Å². The maximum atomic E-state index is 11.5. The molecule has 2 N–H and O–H groups in total. The predicted octanol–water partition coefficient (Wildman–Crippen LogP) is 0.710. The highest BCUT2D eigenvalue weighted by molar-refractivity contribution is 5.77. The molecule has 2 heterocycles. The summed E-state index contributed by atoms with van der Waals surface area (Å²) in [7, 11) is 0. The normalized spacial score (nSPS) is 10.3. The second kappa shape index (κ2) is 5.35. The van der Waals surface area contributed by atoms with Crippen molar-refractivity contribution >= 4 is 5.91 Å². The zero-order chi connectivity index (χ0) is 13.0. The van der Waals surface area contributed by atoms with Gasteiger partial charge in [0.2, 0.25) is 0 Å². The number of aromatic nitrogens is 3. The Morgan fingerprint density at radius 1 is 1.56 bits per heavy atom. The third-order valence-corrected chi connectivity index (χ3v) is 2.37. The lowest BCUT2D eigenvalue weighted by molar-refractivity contribution is -0.123. The summed E-state index contributed by atoms with van der Waals surface area (Å²) in [6.07, 6.45) is 1.68. The summed E-state index contributed by atoms with van der Waals surface area (Å²) < 4.78 is 9.96. The standard InChI is InChI=1S/C11H14N4O3/c1-7-3-11(15-18-7)17-6-10(16)12-4-9-5-13-14-8(9)2/h3,5H,4,6H2,1-2H3,(H,12,16)(H,13,14). The molecule has 0 fully saturated rings. The van der Waals surface area contributed by atoms with Gasteiger partial charge in [-0.25, -0.2) is 0 Å². The maximum absolute atomic E-state index is 11.5. The highest BCUT2D eigenvalue weighted by Crippen LogP contribution is 2.09. The molecule has 7 heteroatoms. The SMILES string of the molecule is Cc1cc(OCC(=O)NCc2cn[nH]c2C)no1. The summed E-state index contributed by atoms with van der Waals surface area (Å²) >= 11 is 0. The van der Waals surface area contributed by atoms with Crippen LogP contribution in [0.1, 0.15) is 17.0 Å². The average Bonchev–Trinajstić information content (AvgIpc) is 2.93. The molecule has 18 heavy (non-hydrogen) atoms. The average molecular weight is 250 g/mol. The highest BCUT2D eigenvalue weighted by atomic mass is 16.5. The second-order valence-electron chi connectivity index (χ2n) is 3.86. The van der Waals surface area contributed by atoms with Gasteiger partial charge in [-0.2, -0.15) is 5.10 Å². The van der Waals surface area contributed by atoms with Crippen molar-refractivity contribution in [3.8, 4) is 5.88 Å². The number of amides is 1. The number of nitrogens with zero attached hydrogens (tertiary/aromatic N) is 2. The Hall–Kier alpha value is -2.31. The molecule has 2 aromatic rings. The summed E-state index contributed by atoms with van der Waals surface area (Å²) in [5.74, 6) is 0.720. The Balaban J connectivity index is 1.74. The molecule has 0 spiro atoms. The van der Waals surface area contributed by atoms with Crippen molar-refractivity contribution in [3.63, 3.8) is 0 Å². The lowest BCUT2D eigenvalue weighted by atomic mass is 10.2. The first-order valence-corrected chi connectivity index (χ1v) is 5.47. The molecule has 2 aromatic heterocycles. The second-order valence-corrected chi connectivity index (χ2v) is 3.86. The first kappa shape index (κ1) is 12.2. The Morgan fingerprint density at radius 3 is 3.00 bits per heavy atom. The number of H-pyrrole nitrogens is 1. The number of rotatable bonds is 5.